The van der Waals surface area contributed by atoms with Crippen LogP contribution in [0.2, 0.25) is 0 Å². The summed E-state index contributed by atoms with van der Waals surface area (Å²) in [6.07, 6.45) is 1.29. The summed E-state index contributed by atoms with van der Waals surface area (Å²) in [5.41, 5.74) is 5.23. The standard InChI is InChI=1S/C25H34N2O2/c1-25(2,3)23-11-8-20(9-12-23)10-13-24(28)26-18-21-6-4-5-7-22(21)19-27-14-16-29-17-15-27/h4-9,11-12H,10,13-19H2,1-3H3,(H,26,28)/p+1. The van der Waals surface area contributed by atoms with Crippen LogP contribution in [-0.4, -0.2) is 32.2 Å². The number of rotatable bonds is 7. The van der Waals surface area contributed by atoms with E-state index in [1.807, 2.05) is 0 Å². The minimum Gasteiger partial charge on any atom is -0.370 e. The summed E-state index contributed by atoms with van der Waals surface area (Å²) in [5.74, 6) is 0.110. The second-order valence-electron chi connectivity index (χ2n) is 9.03. The van der Waals surface area contributed by atoms with Crippen molar-refractivity contribution < 1.29 is 14.4 Å². The van der Waals surface area contributed by atoms with Crippen LogP contribution in [0.3, 0.4) is 0 Å². The van der Waals surface area contributed by atoms with E-state index in [2.05, 4.69) is 74.6 Å². The Morgan fingerprint density at radius 2 is 1.66 bits per heavy atom. The Hall–Kier alpha value is -2.17. The molecule has 1 aliphatic rings. The predicted molar refractivity (Wildman–Crippen MR) is 117 cm³/mol. The van der Waals surface area contributed by atoms with Gasteiger partial charge in [0.25, 0.3) is 0 Å². The van der Waals surface area contributed by atoms with Crippen molar-refractivity contribution in [3.63, 3.8) is 0 Å². The largest absolute Gasteiger partial charge is 0.370 e. The van der Waals surface area contributed by atoms with Crippen LogP contribution in [-0.2, 0) is 34.5 Å². The lowest BCUT2D eigenvalue weighted by Gasteiger charge is -2.24. The van der Waals surface area contributed by atoms with Crippen molar-refractivity contribution in [1.29, 1.82) is 0 Å². The van der Waals surface area contributed by atoms with Gasteiger partial charge in [-0.3, -0.25) is 4.79 Å². The van der Waals surface area contributed by atoms with Crippen LogP contribution in [0.4, 0.5) is 0 Å². The summed E-state index contributed by atoms with van der Waals surface area (Å²) >= 11 is 0. The van der Waals surface area contributed by atoms with Gasteiger partial charge in [-0.1, -0.05) is 69.3 Å². The first kappa shape index (κ1) is 21.5. The molecule has 2 N–H and O–H groups in total. The number of aryl methyl sites for hydroxylation is 1. The highest BCUT2D eigenvalue weighted by Crippen LogP contribution is 2.22. The number of ether oxygens (including phenoxy) is 1. The molecule has 1 fully saturated rings. The minimum atomic E-state index is 0.110. The first-order valence-corrected chi connectivity index (χ1v) is 10.8. The SMILES string of the molecule is CC(C)(C)c1ccc(CCC(=O)NCc2ccccc2C[NH+]2CCOCC2)cc1. The maximum absolute atomic E-state index is 12.4. The van der Waals surface area contributed by atoms with Crippen LogP contribution in [0.1, 0.15) is 49.4 Å². The molecule has 1 aliphatic heterocycles. The Morgan fingerprint density at radius 1 is 1.00 bits per heavy atom. The molecule has 1 amide bonds. The van der Waals surface area contributed by atoms with Crippen LogP contribution in [0, 0.1) is 0 Å². The first-order chi connectivity index (χ1) is 13.9. The van der Waals surface area contributed by atoms with Gasteiger partial charge in [-0.15, -0.1) is 0 Å². The molecule has 1 heterocycles. The lowest BCUT2D eigenvalue weighted by molar-refractivity contribution is -0.921. The van der Waals surface area contributed by atoms with E-state index in [9.17, 15) is 4.79 Å². The highest BCUT2D eigenvalue weighted by Gasteiger charge is 2.16. The van der Waals surface area contributed by atoms with E-state index in [-0.39, 0.29) is 11.3 Å². The van der Waals surface area contributed by atoms with Crippen LogP contribution in [0.5, 0.6) is 0 Å². The molecule has 2 aromatic rings. The van der Waals surface area contributed by atoms with Gasteiger partial charge in [-0.05, 0) is 28.5 Å². The highest BCUT2D eigenvalue weighted by atomic mass is 16.5. The van der Waals surface area contributed by atoms with Crippen LogP contribution in [0.25, 0.3) is 0 Å². The Balaban J connectivity index is 1.48. The quantitative estimate of drug-likeness (QED) is 0.757. The molecule has 0 radical (unpaired) electrons. The molecule has 2 aromatic carbocycles. The molecule has 3 rings (SSSR count). The summed E-state index contributed by atoms with van der Waals surface area (Å²) in [4.78, 5) is 13.9. The van der Waals surface area contributed by atoms with E-state index in [4.69, 9.17) is 4.74 Å². The second-order valence-corrected chi connectivity index (χ2v) is 9.03. The molecule has 0 aromatic heterocycles. The van der Waals surface area contributed by atoms with E-state index in [0.29, 0.717) is 13.0 Å². The van der Waals surface area contributed by atoms with Crippen molar-refractivity contribution in [1.82, 2.24) is 5.32 Å². The molecule has 0 bridgehead atoms. The molecule has 4 nitrogen and oxygen atoms in total. The smallest absolute Gasteiger partial charge is 0.220 e. The van der Waals surface area contributed by atoms with E-state index in [0.717, 1.165) is 39.3 Å². The fourth-order valence-electron chi connectivity index (χ4n) is 3.72. The van der Waals surface area contributed by atoms with E-state index >= 15 is 0 Å². The second kappa shape index (κ2) is 10.0. The zero-order chi connectivity index (χ0) is 20.7. The van der Waals surface area contributed by atoms with E-state index in [1.165, 1.54) is 22.3 Å². The zero-order valence-electron chi connectivity index (χ0n) is 18.1. The predicted octanol–water partition coefficient (Wildman–Crippen LogP) is 2.65. The van der Waals surface area contributed by atoms with Gasteiger partial charge in [0.2, 0.25) is 5.91 Å². The lowest BCUT2D eigenvalue weighted by atomic mass is 9.86. The lowest BCUT2D eigenvalue weighted by Crippen LogP contribution is -3.12. The number of nitrogens with one attached hydrogen (secondary N) is 2. The molecule has 0 unspecified atom stereocenters. The van der Waals surface area contributed by atoms with Crippen LogP contribution >= 0.6 is 0 Å². The normalized spacial score (nSPS) is 15.3. The Kier molecular flexibility index (Phi) is 7.45. The number of carbonyl (C=O) groups is 1. The third-order valence-corrected chi connectivity index (χ3v) is 5.70. The molecule has 0 aliphatic carbocycles. The number of quaternary nitrogens is 1. The fourth-order valence-corrected chi connectivity index (χ4v) is 3.72. The van der Waals surface area contributed by atoms with Crippen molar-refractivity contribution >= 4 is 5.91 Å². The van der Waals surface area contributed by atoms with Gasteiger partial charge in [0.15, 0.2) is 0 Å². The highest BCUT2D eigenvalue weighted by molar-refractivity contribution is 5.76. The average molecular weight is 396 g/mol. The van der Waals surface area contributed by atoms with Crippen molar-refractivity contribution in [3.05, 3.63) is 70.8 Å². The number of benzene rings is 2. The molecular weight excluding hydrogens is 360 g/mol. The number of hydrogen-bond donors (Lipinski definition) is 2. The molecule has 1 saturated heterocycles. The third kappa shape index (κ3) is 6.69. The first-order valence-electron chi connectivity index (χ1n) is 10.8. The summed E-state index contributed by atoms with van der Waals surface area (Å²) in [6.45, 7) is 12.0. The topological polar surface area (TPSA) is 42.8 Å². The monoisotopic (exact) mass is 395 g/mol. The summed E-state index contributed by atoms with van der Waals surface area (Å²) in [5, 5.41) is 3.11. The van der Waals surface area contributed by atoms with Gasteiger partial charge in [-0.2, -0.15) is 0 Å². The molecule has 0 saturated carbocycles. The van der Waals surface area contributed by atoms with Crippen molar-refractivity contribution in [2.45, 2.75) is 52.1 Å². The van der Waals surface area contributed by atoms with Gasteiger partial charge in [0, 0.05) is 18.5 Å². The molecule has 29 heavy (non-hydrogen) atoms. The summed E-state index contributed by atoms with van der Waals surface area (Å²) < 4.78 is 5.46. The Bertz CT molecular complexity index is 787. The number of carbonyl (C=O) groups excluding carboxylic acids is 1. The third-order valence-electron chi connectivity index (χ3n) is 5.70. The molecule has 0 atom stereocenters. The van der Waals surface area contributed by atoms with E-state index in [1.54, 1.807) is 4.90 Å². The minimum absolute atomic E-state index is 0.110. The van der Waals surface area contributed by atoms with Crippen molar-refractivity contribution in [3.8, 4) is 0 Å². The van der Waals surface area contributed by atoms with Gasteiger partial charge < -0.3 is 15.0 Å². The zero-order valence-corrected chi connectivity index (χ0v) is 18.1. The summed E-state index contributed by atoms with van der Waals surface area (Å²) in [6, 6.07) is 17.1. The molecule has 4 heteroatoms. The van der Waals surface area contributed by atoms with Crippen LogP contribution < -0.4 is 10.2 Å². The number of amides is 1. The van der Waals surface area contributed by atoms with Gasteiger partial charge in [0.05, 0.1) is 13.2 Å². The van der Waals surface area contributed by atoms with Gasteiger partial charge in [-0.25, -0.2) is 0 Å². The molecule has 0 spiro atoms. The van der Waals surface area contributed by atoms with Crippen LogP contribution in [0.15, 0.2) is 48.5 Å². The Labute approximate surface area is 175 Å². The Morgan fingerprint density at radius 3 is 2.31 bits per heavy atom. The number of hydrogen-bond acceptors (Lipinski definition) is 2. The molecule has 156 valence electrons. The fraction of sp³-hybridized carbons (Fsp3) is 0.480. The molecular formula is C25H35N2O2+. The van der Waals surface area contributed by atoms with Gasteiger partial charge >= 0.3 is 0 Å². The maximum Gasteiger partial charge on any atom is 0.220 e. The van der Waals surface area contributed by atoms with Crippen molar-refractivity contribution in [2.75, 3.05) is 26.3 Å². The average Bonchev–Trinajstić information content (AvgIpc) is 2.72. The van der Waals surface area contributed by atoms with Crippen molar-refractivity contribution in [2.24, 2.45) is 0 Å². The van der Waals surface area contributed by atoms with Gasteiger partial charge in [0.1, 0.15) is 19.6 Å². The summed E-state index contributed by atoms with van der Waals surface area (Å²) in [7, 11) is 0. The maximum atomic E-state index is 12.4. The number of morpholine rings is 1. The van der Waals surface area contributed by atoms with E-state index < -0.39 is 0 Å².